The van der Waals surface area contributed by atoms with Crippen molar-refractivity contribution in [2.24, 2.45) is 0 Å². The minimum Gasteiger partial charge on any atom is -0.322 e. The van der Waals surface area contributed by atoms with Crippen molar-refractivity contribution in [3.63, 3.8) is 0 Å². The van der Waals surface area contributed by atoms with Crippen LogP contribution in [-0.4, -0.2) is 27.1 Å². The number of amides is 1. The van der Waals surface area contributed by atoms with Crippen molar-refractivity contribution in [3.8, 4) is 0 Å². The monoisotopic (exact) mass is 382 g/mol. The van der Waals surface area contributed by atoms with Gasteiger partial charge in [-0.2, -0.15) is 0 Å². The Bertz CT molecular complexity index is 936. The second-order valence-corrected chi connectivity index (χ2v) is 8.10. The highest BCUT2D eigenvalue weighted by atomic mass is 32.2. The number of rotatable bonds is 5. The van der Waals surface area contributed by atoms with E-state index in [-0.39, 0.29) is 5.69 Å². The molecule has 0 radical (unpaired) electrons. The molecule has 1 amide bonds. The van der Waals surface area contributed by atoms with Gasteiger partial charge in [-0.3, -0.25) is 9.10 Å². The lowest BCUT2D eigenvalue weighted by atomic mass is 10.1. The highest BCUT2D eigenvalue weighted by Crippen LogP contribution is 2.28. The van der Waals surface area contributed by atoms with E-state index in [4.69, 9.17) is 0 Å². The first kappa shape index (κ1) is 19.8. The van der Waals surface area contributed by atoms with Crippen LogP contribution in [0, 0.1) is 32.4 Å². The van der Waals surface area contributed by atoms with Gasteiger partial charge in [0.15, 0.2) is 0 Å². The number of halogens is 2. The number of nitrogens with one attached hydrogen (secondary N) is 1. The number of aryl methyl sites for hydroxylation is 3. The number of carbonyl (C=O) groups is 1. The first-order chi connectivity index (χ1) is 12.0. The topological polar surface area (TPSA) is 66.5 Å². The Balaban J connectivity index is 2.34. The van der Waals surface area contributed by atoms with Crippen LogP contribution in [0.3, 0.4) is 0 Å². The molecule has 0 aliphatic carbocycles. The number of sulfonamides is 1. The van der Waals surface area contributed by atoms with Crippen molar-refractivity contribution < 1.29 is 22.0 Å². The van der Waals surface area contributed by atoms with Crippen LogP contribution < -0.4 is 9.62 Å². The molecular formula is C18H20F2N2O3S. The Kier molecular flexibility index (Phi) is 5.65. The van der Waals surface area contributed by atoms with E-state index in [2.05, 4.69) is 5.32 Å². The first-order valence-electron chi connectivity index (χ1n) is 7.79. The Morgan fingerprint density at radius 2 is 1.65 bits per heavy atom. The normalized spacial score (nSPS) is 11.3. The third-order valence-corrected chi connectivity index (χ3v) is 4.89. The molecule has 0 spiro atoms. The van der Waals surface area contributed by atoms with Gasteiger partial charge in [-0.1, -0.05) is 17.7 Å². The van der Waals surface area contributed by atoms with Crippen molar-refractivity contribution in [2.75, 3.05) is 22.4 Å². The van der Waals surface area contributed by atoms with Gasteiger partial charge >= 0.3 is 0 Å². The van der Waals surface area contributed by atoms with Crippen LogP contribution in [0.25, 0.3) is 0 Å². The second-order valence-electron chi connectivity index (χ2n) is 6.19. The number of carbonyl (C=O) groups excluding carboxylic acids is 1. The third kappa shape index (κ3) is 4.57. The molecule has 8 heteroatoms. The molecule has 1 N–H and O–H groups in total. The maximum atomic E-state index is 13.7. The molecule has 0 saturated carbocycles. The Hall–Kier alpha value is -2.48. The van der Waals surface area contributed by atoms with Gasteiger partial charge in [0.05, 0.1) is 17.6 Å². The number of hydrogen-bond acceptors (Lipinski definition) is 3. The van der Waals surface area contributed by atoms with Gasteiger partial charge in [0.25, 0.3) is 0 Å². The summed E-state index contributed by atoms with van der Waals surface area (Å²) in [6.07, 6.45) is 0.998. The summed E-state index contributed by atoms with van der Waals surface area (Å²) >= 11 is 0. The lowest BCUT2D eigenvalue weighted by Gasteiger charge is -2.26. The molecule has 0 atom stereocenters. The Labute approximate surface area is 151 Å². The van der Waals surface area contributed by atoms with Crippen LogP contribution in [0.1, 0.15) is 16.7 Å². The molecule has 0 fully saturated rings. The highest BCUT2D eigenvalue weighted by Gasteiger charge is 2.24. The summed E-state index contributed by atoms with van der Waals surface area (Å²) in [5.41, 5.74) is 2.56. The number of nitrogens with zero attached hydrogens (tertiary/aromatic N) is 1. The van der Waals surface area contributed by atoms with Crippen LogP contribution in [0.2, 0.25) is 0 Å². The maximum absolute atomic E-state index is 13.7. The van der Waals surface area contributed by atoms with Crippen molar-refractivity contribution in [2.45, 2.75) is 20.8 Å². The predicted octanol–water partition coefficient (Wildman–Crippen LogP) is 3.29. The molecular weight excluding hydrogens is 362 g/mol. The molecule has 0 saturated heterocycles. The highest BCUT2D eigenvalue weighted by molar-refractivity contribution is 7.92. The molecule has 5 nitrogen and oxygen atoms in total. The lowest BCUT2D eigenvalue weighted by molar-refractivity contribution is -0.114. The maximum Gasteiger partial charge on any atom is 0.245 e. The molecule has 0 bridgehead atoms. The fourth-order valence-corrected chi connectivity index (χ4v) is 3.81. The fraction of sp³-hybridized carbons (Fsp3) is 0.278. The van der Waals surface area contributed by atoms with Crippen LogP contribution in [0.15, 0.2) is 30.3 Å². The van der Waals surface area contributed by atoms with E-state index in [1.165, 1.54) is 0 Å². The van der Waals surface area contributed by atoms with E-state index in [0.717, 1.165) is 28.3 Å². The van der Waals surface area contributed by atoms with Gasteiger partial charge in [0.1, 0.15) is 18.2 Å². The van der Waals surface area contributed by atoms with Crippen LogP contribution in [0.5, 0.6) is 0 Å². The quantitative estimate of drug-likeness (QED) is 0.863. The van der Waals surface area contributed by atoms with E-state index in [1.807, 2.05) is 19.1 Å². The van der Waals surface area contributed by atoms with E-state index >= 15 is 0 Å². The second kappa shape index (κ2) is 7.41. The molecule has 0 aromatic heterocycles. The first-order valence-corrected chi connectivity index (χ1v) is 9.64. The summed E-state index contributed by atoms with van der Waals surface area (Å²) in [5.74, 6) is -2.45. The van der Waals surface area contributed by atoms with Gasteiger partial charge in [0, 0.05) is 6.07 Å². The molecule has 2 rings (SSSR count). The molecule has 0 unspecified atom stereocenters. The molecule has 0 aliphatic rings. The smallest absolute Gasteiger partial charge is 0.245 e. The lowest BCUT2D eigenvalue weighted by Crippen LogP contribution is -2.38. The summed E-state index contributed by atoms with van der Waals surface area (Å²) < 4.78 is 52.1. The number of benzene rings is 2. The number of anilines is 2. The molecule has 0 aliphatic heterocycles. The summed E-state index contributed by atoms with van der Waals surface area (Å²) in [5, 5.41) is 2.27. The predicted molar refractivity (Wildman–Crippen MR) is 97.8 cm³/mol. The molecule has 2 aromatic rings. The van der Waals surface area contributed by atoms with Gasteiger partial charge in [-0.15, -0.1) is 0 Å². The zero-order valence-corrected chi connectivity index (χ0v) is 15.7. The average Bonchev–Trinajstić information content (AvgIpc) is 2.47. The largest absolute Gasteiger partial charge is 0.322 e. The van der Waals surface area contributed by atoms with Crippen LogP contribution in [-0.2, 0) is 14.8 Å². The summed E-state index contributed by atoms with van der Waals surface area (Å²) in [7, 11) is -3.76. The van der Waals surface area contributed by atoms with Crippen LogP contribution in [0.4, 0.5) is 20.2 Å². The third-order valence-electron chi connectivity index (χ3n) is 3.78. The summed E-state index contributed by atoms with van der Waals surface area (Å²) in [6.45, 7) is 4.87. The van der Waals surface area contributed by atoms with E-state index in [9.17, 15) is 22.0 Å². The van der Waals surface area contributed by atoms with Gasteiger partial charge in [0.2, 0.25) is 15.9 Å². The van der Waals surface area contributed by atoms with Crippen molar-refractivity contribution in [3.05, 3.63) is 58.7 Å². The summed E-state index contributed by atoms with van der Waals surface area (Å²) in [4.78, 5) is 12.3. The summed E-state index contributed by atoms with van der Waals surface area (Å²) in [6, 6.07) is 6.35. The fourth-order valence-electron chi connectivity index (χ4n) is 2.84. The van der Waals surface area contributed by atoms with Gasteiger partial charge < -0.3 is 5.32 Å². The molecule has 0 heterocycles. The molecule has 140 valence electrons. The minimum atomic E-state index is -3.76. The van der Waals surface area contributed by atoms with Crippen molar-refractivity contribution in [1.29, 1.82) is 0 Å². The van der Waals surface area contributed by atoms with Gasteiger partial charge in [-0.25, -0.2) is 17.2 Å². The zero-order valence-electron chi connectivity index (χ0n) is 14.9. The Morgan fingerprint density at radius 1 is 1.08 bits per heavy atom. The molecule has 26 heavy (non-hydrogen) atoms. The van der Waals surface area contributed by atoms with E-state index < -0.39 is 34.1 Å². The Morgan fingerprint density at radius 3 is 2.15 bits per heavy atom. The zero-order chi connectivity index (χ0) is 19.6. The van der Waals surface area contributed by atoms with Gasteiger partial charge in [-0.05, 0) is 44.0 Å². The minimum absolute atomic E-state index is 0.220. The van der Waals surface area contributed by atoms with E-state index in [0.29, 0.717) is 22.9 Å². The van der Waals surface area contributed by atoms with Crippen molar-refractivity contribution in [1.82, 2.24) is 0 Å². The van der Waals surface area contributed by atoms with Crippen molar-refractivity contribution >= 4 is 27.3 Å². The SMILES string of the molecule is Cc1cc(C)c(N(CC(=O)Nc2ccc(F)cc2F)S(C)(=O)=O)c(C)c1. The average molecular weight is 382 g/mol. The number of hydrogen-bond donors (Lipinski definition) is 1. The van der Waals surface area contributed by atoms with E-state index in [1.54, 1.807) is 13.8 Å². The van der Waals surface area contributed by atoms with Crippen LogP contribution >= 0.6 is 0 Å². The standard InChI is InChI=1S/C18H20F2N2O3S/c1-11-7-12(2)18(13(3)8-11)22(26(4,24)25)10-17(23)21-16-6-5-14(19)9-15(16)20/h5-9H,10H2,1-4H3,(H,21,23). The molecule has 2 aromatic carbocycles.